The Morgan fingerprint density at radius 1 is 1.00 bits per heavy atom. The number of piperidine rings is 1. The Bertz CT molecular complexity index is 869. The quantitative estimate of drug-likeness (QED) is 0.628. The van der Waals surface area contributed by atoms with Crippen LogP contribution in [0.2, 0.25) is 5.04 Å². The number of amides is 1. The largest absolute Gasteiger partial charge is 0.407 e. The van der Waals surface area contributed by atoms with E-state index >= 15 is 0 Å². The van der Waals surface area contributed by atoms with Crippen molar-refractivity contribution in [2.45, 2.75) is 76.8 Å². The Hall–Kier alpha value is -1.91. The normalized spacial score (nSPS) is 25.0. The van der Waals surface area contributed by atoms with Crippen molar-refractivity contribution in [3.63, 3.8) is 0 Å². The maximum Gasteiger partial charge on any atom is 0.261 e. The Morgan fingerprint density at radius 2 is 1.56 bits per heavy atom. The first-order chi connectivity index (χ1) is 15.3. The van der Waals surface area contributed by atoms with Crippen LogP contribution in [0.4, 0.5) is 0 Å². The third-order valence-electron chi connectivity index (χ3n) is 7.93. The van der Waals surface area contributed by atoms with Crippen LogP contribution < -0.4 is 15.7 Å². The maximum atomic E-state index is 12.3. The van der Waals surface area contributed by atoms with Crippen LogP contribution >= 0.6 is 0 Å². The molecule has 1 unspecified atom stereocenters. The highest BCUT2D eigenvalue weighted by Gasteiger charge is 2.52. The molecule has 4 rings (SSSR count). The molecule has 1 amide bonds. The van der Waals surface area contributed by atoms with E-state index in [1.165, 1.54) is 23.2 Å². The molecule has 2 aromatic carbocycles. The van der Waals surface area contributed by atoms with Gasteiger partial charge in [-0.3, -0.25) is 4.79 Å². The highest BCUT2D eigenvalue weighted by Crippen LogP contribution is 2.46. The Balaban J connectivity index is 1.66. The molecule has 32 heavy (non-hydrogen) atoms. The number of hydrogen-bond acceptors (Lipinski definition) is 2. The summed E-state index contributed by atoms with van der Waals surface area (Å²) in [5.41, 5.74) is -0.0104. The summed E-state index contributed by atoms with van der Waals surface area (Å²) in [7, 11) is -2.52. The summed E-state index contributed by atoms with van der Waals surface area (Å²) in [6, 6.07) is 21.8. The minimum atomic E-state index is -2.52. The van der Waals surface area contributed by atoms with Crippen molar-refractivity contribution in [1.29, 1.82) is 0 Å². The fraction of sp³-hybridized carbons (Fsp3) is 0.536. The number of nitrogens with one attached hydrogen (secondary N) is 1. The van der Waals surface area contributed by atoms with Crippen molar-refractivity contribution in [1.82, 2.24) is 5.32 Å². The second-order valence-corrected chi connectivity index (χ2v) is 15.3. The predicted octanol–water partition coefficient (Wildman–Crippen LogP) is 5.04. The van der Waals surface area contributed by atoms with Crippen LogP contribution in [0.25, 0.3) is 0 Å². The van der Waals surface area contributed by atoms with Crippen LogP contribution in [0.3, 0.4) is 0 Å². The summed E-state index contributed by atoms with van der Waals surface area (Å²) >= 11 is 0. The van der Waals surface area contributed by atoms with Gasteiger partial charge in [-0.2, -0.15) is 0 Å². The minimum Gasteiger partial charge on any atom is -0.407 e. The molecule has 2 aromatic rings. The van der Waals surface area contributed by atoms with Gasteiger partial charge in [0.1, 0.15) is 0 Å². The monoisotopic (exact) mass is 449 g/mol. The summed E-state index contributed by atoms with van der Waals surface area (Å²) in [4.78, 5) is 12.3. The summed E-state index contributed by atoms with van der Waals surface area (Å²) < 4.78 is 7.23. The minimum absolute atomic E-state index is 0.0104. The smallest absolute Gasteiger partial charge is 0.261 e. The van der Waals surface area contributed by atoms with Crippen molar-refractivity contribution >= 4 is 24.6 Å². The van der Waals surface area contributed by atoms with E-state index in [-0.39, 0.29) is 16.5 Å². The number of rotatable bonds is 6. The molecule has 4 heteroatoms. The van der Waals surface area contributed by atoms with Crippen LogP contribution in [-0.2, 0) is 9.22 Å². The van der Waals surface area contributed by atoms with Crippen LogP contribution in [0.1, 0.15) is 66.2 Å². The van der Waals surface area contributed by atoms with E-state index in [9.17, 15) is 4.79 Å². The Morgan fingerprint density at radius 3 is 2.09 bits per heavy atom. The summed E-state index contributed by atoms with van der Waals surface area (Å²) in [6.45, 7) is 10.1. The zero-order valence-corrected chi connectivity index (χ0v) is 21.2. The van der Waals surface area contributed by atoms with Crippen LogP contribution in [-0.4, -0.2) is 26.4 Å². The van der Waals surface area contributed by atoms with Gasteiger partial charge in [-0.15, -0.1) is 0 Å². The second-order valence-electron chi connectivity index (χ2n) is 11.0. The Labute approximate surface area is 195 Å². The molecule has 0 bridgehead atoms. The molecule has 172 valence electrons. The molecular formula is C28H39NO2Si. The van der Waals surface area contributed by atoms with Gasteiger partial charge in [-0.05, 0) is 52.9 Å². The van der Waals surface area contributed by atoms with E-state index in [4.69, 9.17) is 4.43 Å². The number of benzene rings is 2. The summed E-state index contributed by atoms with van der Waals surface area (Å²) in [5, 5.41) is 6.08. The lowest BCUT2D eigenvalue weighted by Gasteiger charge is -2.46. The molecule has 1 saturated carbocycles. The molecule has 0 aromatic heterocycles. The van der Waals surface area contributed by atoms with Crippen LogP contribution in [0.15, 0.2) is 60.7 Å². The molecular weight excluding hydrogens is 410 g/mol. The third kappa shape index (κ3) is 4.20. The lowest BCUT2D eigenvalue weighted by molar-refractivity contribution is -0.126. The van der Waals surface area contributed by atoms with E-state index in [1.54, 1.807) is 0 Å². The Kier molecular flexibility index (Phi) is 6.65. The van der Waals surface area contributed by atoms with E-state index in [1.807, 2.05) is 0 Å². The van der Waals surface area contributed by atoms with Crippen molar-refractivity contribution in [3.05, 3.63) is 60.7 Å². The van der Waals surface area contributed by atoms with E-state index < -0.39 is 8.32 Å². The molecule has 1 aliphatic carbocycles. The third-order valence-corrected chi connectivity index (χ3v) is 12.9. The second kappa shape index (κ2) is 9.15. The number of carbonyl (C=O) groups is 1. The molecule has 1 heterocycles. The molecule has 1 spiro atoms. The first-order valence-corrected chi connectivity index (χ1v) is 14.3. The van der Waals surface area contributed by atoms with Gasteiger partial charge in [-0.1, -0.05) is 94.8 Å². The van der Waals surface area contributed by atoms with Gasteiger partial charge < -0.3 is 9.74 Å². The van der Waals surface area contributed by atoms with Gasteiger partial charge in [0.05, 0.1) is 0 Å². The van der Waals surface area contributed by atoms with Gasteiger partial charge >= 0.3 is 0 Å². The summed E-state index contributed by atoms with van der Waals surface area (Å²) in [6.07, 6.45) is 6.33. The number of carbonyl (C=O) groups excluding carboxylic acids is 1. The fourth-order valence-corrected chi connectivity index (χ4v) is 11.2. The van der Waals surface area contributed by atoms with Gasteiger partial charge in [0.25, 0.3) is 8.32 Å². The molecule has 2 fully saturated rings. The van der Waals surface area contributed by atoms with Gasteiger partial charge in [0.2, 0.25) is 5.91 Å². The van der Waals surface area contributed by atoms with E-state index in [0.29, 0.717) is 18.3 Å². The van der Waals surface area contributed by atoms with Gasteiger partial charge in [0.15, 0.2) is 0 Å². The molecule has 0 radical (unpaired) electrons. The fourth-order valence-electron chi connectivity index (χ4n) is 6.50. The highest BCUT2D eigenvalue weighted by atomic mass is 28.4. The van der Waals surface area contributed by atoms with Gasteiger partial charge in [0, 0.05) is 18.6 Å². The van der Waals surface area contributed by atoms with Crippen LogP contribution in [0, 0.1) is 11.8 Å². The van der Waals surface area contributed by atoms with Gasteiger partial charge in [-0.25, -0.2) is 0 Å². The highest BCUT2D eigenvalue weighted by molar-refractivity contribution is 6.99. The average molecular weight is 450 g/mol. The van der Waals surface area contributed by atoms with Crippen molar-refractivity contribution in [2.75, 3.05) is 6.61 Å². The molecule has 2 aliphatic rings. The molecule has 3 atom stereocenters. The lowest BCUT2D eigenvalue weighted by Crippen LogP contribution is -2.67. The molecule has 3 nitrogen and oxygen atoms in total. The molecule has 1 N–H and O–H groups in total. The van der Waals surface area contributed by atoms with E-state index in [0.717, 1.165) is 25.9 Å². The SMILES string of the molecule is C[C@@H](CO[Si](c1ccccc1)(c1ccccc1)C(C)(C)C)C1CCC[C@]12CCCC(=O)N2. The summed E-state index contributed by atoms with van der Waals surface area (Å²) in [5.74, 6) is 1.13. The van der Waals surface area contributed by atoms with Crippen LogP contribution in [0.5, 0.6) is 0 Å². The van der Waals surface area contributed by atoms with Crippen molar-refractivity contribution in [2.24, 2.45) is 11.8 Å². The van der Waals surface area contributed by atoms with E-state index in [2.05, 4.69) is 93.7 Å². The number of hydrogen-bond donors (Lipinski definition) is 1. The first kappa shape index (κ1) is 23.3. The standard InChI is InChI=1S/C28H39NO2Si/c1-22(25-17-11-19-28(25)20-12-18-26(30)29-28)21-31-32(27(2,3)4,23-13-7-5-8-14-23)24-15-9-6-10-16-24/h5-10,13-16,22,25H,11-12,17-21H2,1-4H3,(H,29,30)/t22-,25?,28-/m0/s1. The lowest BCUT2D eigenvalue weighted by atomic mass is 9.74. The molecule has 1 aliphatic heterocycles. The van der Waals surface area contributed by atoms with Crippen molar-refractivity contribution in [3.8, 4) is 0 Å². The van der Waals surface area contributed by atoms with Crippen molar-refractivity contribution < 1.29 is 9.22 Å². The maximum absolute atomic E-state index is 12.3. The predicted molar refractivity (Wildman–Crippen MR) is 135 cm³/mol. The topological polar surface area (TPSA) is 38.3 Å². The first-order valence-electron chi connectivity index (χ1n) is 12.3. The zero-order chi connectivity index (χ0) is 22.8. The zero-order valence-electron chi connectivity index (χ0n) is 20.2. The average Bonchev–Trinajstić information content (AvgIpc) is 3.16. The molecule has 1 saturated heterocycles.